The molecule has 1 aromatic rings. The van der Waals surface area contributed by atoms with Crippen LogP contribution in [0.1, 0.15) is 6.42 Å². The van der Waals surface area contributed by atoms with Gasteiger partial charge in [-0.3, -0.25) is 0 Å². The lowest BCUT2D eigenvalue weighted by molar-refractivity contribution is -0.139. The normalized spacial score (nSPS) is 11.7. The first-order valence-electron chi connectivity index (χ1n) is 5.31. The minimum absolute atomic E-state index is 0.220. The number of para-hydroxylation sites is 1. The van der Waals surface area contributed by atoms with Gasteiger partial charge in [0.1, 0.15) is 23.4 Å². The van der Waals surface area contributed by atoms with E-state index in [4.69, 9.17) is 10.2 Å². The molecular formula is C11H12F2N2O4. The second-order valence-corrected chi connectivity index (χ2v) is 3.60. The Morgan fingerprint density at radius 3 is 2.32 bits per heavy atom. The molecule has 0 bridgehead atoms. The van der Waals surface area contributed by atoms with E-state index in [1.807, 2.05) is 10.6 Å². The number of carbonyl (C=O) groups excluding carboxylic acids is 1. The van der Waals surface area contributed by atoms with Crippen LogP contribution in [0.3, 0.4) is 0 Å². The van der Waals surface area contributed by atoms with E-state index in [-0.39, 0.29) is 6.42 Å². The minimum Gasteiger partial charge on any atom is -0.480 e. The van der Waals surface area contributed by atoms with E-state index < -0.39 is 42.0 Å². The number of aliphatic hydroxyl groups is 1. The summed E-state index contributed by atoms with van der Waals surface area (Å²) in [6, 6.07) is 0.589. The molecule has 1 aromatic carbocycles. The van der Waals surface area contributed by atoms with Gasteiger partial charge in [0.2, 0.25) is 0 Å². The van der Waals surface area contributed by atoms with Crippen LogP contribution in [-0.4, -0.2) is 34.9 Å². The standard InChI is InChI=1S/C11H12F2N2O4/c12-6-2-1-3-7(13)9(6)15-11(19)14-8(4-5-16)10(17)18/h1-3,8,16H,4-5H2,(H,17,18)(H2,14,15,19)/t8-/m1/s1. The van der Waals surface area contributed by atoms with Crippen molar-refractivity contribution < 1.29 is 28.6 Å². The largest absolute Gasteiger partial charge is 0.480 e. The molecule has 0 spiro atoms. The Morgan fingerprint density at radius 1 is 1.26 bits per heavy atom. The first kappa shape index (κ1) is 14.8. The molecule has 1 atom stereocenters. The van der Waals surface area contributed by atoms with Gasteiger partial charge >= 0.3 is 12.0 Å². The number of amides is 2. The topological polar surface area (TPSA) is 98.7 Å². The number of nitrogens with one attached hydrogen (secondary N) is 2. The van der Waals surface area contributed by atoms with Crippen LogP contribution in [0.5, 0.6) is 0 Å². The number of carbonyl (C=O) groups is 2. The van der Waals surface area contributed by atoms with Crippen molar-refractivity contribution in [1.29, 1.82) is 0 Å². The zero-order valence-corrected chi connectivity index (χ0v) is 9.69. The Bertz CT molecular complexity index is 462. The maximum absolute atomic E-state index is 13.2. The molecule has 6 nitrogen and oxygen atoms in total. The van der Waals surface area contributed by atoms with Gasteiger partial charge in [-0.25, -0.2) is 18.4 Å². The van der Waals surface area contributed by atoms with Crippen LogP contribution >= 0.6 is 0 Å². The van der Waals surface area contributed by atoms with Crippen LogP contribution in [0, 0.1) is 11.6 Å². The molecule has 1 rings (SSSR count). The highest BCUT2D eigenvalue weighted by molar-refractivity contribution is 5.92. The van der Waals surface area contributed by atoms with Crippen molar-refractivity contribution in [2.24, 2.45) is 0 Å². The molecule has 0 radical (unpaired) electrons. The summed E-state index contributed by atoms with van der Waals surface area (Å²) in [6.07, 6.45) is -0.220. The molecule has 0 heterocycles. The average Bonchev–Trinajstić information content (AvgIpc) is 2.33. The predicted octanol–water partition coefficient (Wildman–Crippen LogP) is 0.922. The highest BCUT2D eigenvalue weighted by atomic mass is 19.1. The lowest BCUT2D eigenvalue weighted by Crippen LogP contribution is -2.43. The molecule has 0 fully saturated rings. The predicted molar refractivity (Wildman–Crippen MR) is 61.6 cm³/mol. The third kappa shape index (κ3) is 4.18. The number of urea groups is 1. The van der Waals surface area contributed by atoms with Gasteiger partial charge in [0.25, 0.3) is 0 Å². The van der Waals surface area contributed by atoms with Crippen molar-refractivity contribution in [3.63, 3.8) is 0 Å². The monoisotopic (exact) mass is 274 g/mol. The number of aliphatic carboxylic acids is 1. The van der Waals surface area contributed by atoms with E-state index in [0.717, 1.165) is 18.2 Å². The van der Waals surface area contributed by atoms with Crippen molar-refractivity contribution in [1.82, 2.24) is 5.32 Å². The maximum Gasteiger partial charge on any atom is 0.326 e. The van der Waals surface area contributed by atoms with Crippen LogP contribution in [0.4, 0.5) is 19.3 Å². The maximum atomic E-state index is 13.2. The Kier molecular flexibility index (Phi) is 5.19. The second kappa shape index (κ2) is 6.64. The quantitative estimate of drug-likeness (QED) is 0.641. The number of rotatable bonds is 5. The first-order chi connectivity index (χ1) is 8.95. The summed E-state index contributed by atoms with van der Waals surface area (Å²) in [5.41, 5.74) is -0.673. The number of aliphatic hydroxyl groups excluding tert-OH is 1. The molecule has 4 N–H and O–H groups in total. The SMILES string of the molecule is O=C(Nc1c(F)cccc1F)N[C@H](CCO)C(=O)O. The average molecular weight is 274 g/mol. The molecule has 19 heavy (non-hydrogen) atoms. The van der Waals surface area contributed by atoms with Gasteiger partial charge in [-0.05, 0) is 12.1 Å². The zero-order valence-electron chi connectivity index (χ0n) is 9.69. The molecule has 0 aliphatic carbocycles. The molecule has 104 valence electrons. The Labute approximate surface area is 107 Å². The number of hydrogen-bond donors (Lipinski definition) is 4. The van der Waals surface area contributed by atoms with Crippen molar-refractivity contribution in [3.8, 4) is 0 Å². The minimum atomic E-state index is -1.36. The van der Waals surface area contributed by atoms with Gasteiger partial charge in [0.15, 0.2) is 0 Å². The summed E-state index contributed by atoms with van der Waals surface area (Å²) in [5.74, 6) is -3.33. The van der Waals surface area contributed by atoms with E-state index in [0.29, 0.717) is 0 Å². The molecule has 0 unspecified atom stereocenters. The summed E-state index contributed by atoms with van der Waals surface area (Å²) in [5, 5.41) is 21.2. The van der Waals surface area contributed by atoms with Gasteiger partial charge in [0, 0.05) is 13.0 Å². The van der Waals surface area contributed by atoms with Gasteiger partial charge in [-0.15, -0.1) is 0 Å². The Hall–Kier alpha value is -2.22. The third-order valence-corrected chi connectivity index (χ3v) is 2.22. The third-order valence-electron chi connectivity index (χ3n) is 2.22. The summed E-state index contributed by atoms with van der Waals surface area (Å²) in [7, 11) is 0. The van der Waals surface area contributed by atoms with Gasteiger partial charge in [0.05, 0.1) is 0 Å². The lowest BCUT2D eigenvalue weighted by atomic mass is 10.2. The van der Waals surface area contributed by atoms with Gasteiger partial charge in [-0.1, -0.05) is 6.07 Å². The fourth-order valence-corrected chi connectivity index (χ4v) is 1.31. The Balaban J connectivity index is 2.72. The van der Waals surface area contributed by atoms with Crippen molar-refractivity contribution >= 4 is 17.7 Å². The summed E-state index contributed by atoms with van der Waals surface area (Å²) < 4.78 is 26.4. The van der Waals surface area contributed by atoms with Gasteiger partial charge < -0.3 is 20.8 Å². The highest BCUT2D eigenvalue weighted by Crippen LogP contribution is 2.17. The van der Waals surface area contributed by atoms with Crippen LogP contribution < -0.4 is 10.6 Å². The van der Waals surface area contributed by atoms with E-state index in [1.165, 1.54) is 0 Å². The summed E-state index contributed by atoms with van der Waals surface area (Å²) in [4.78, 5) is 22.1. The second-order valence-electron chi connectivity index (χ2n) is 3.60. The number of carboxylic acids is 1. The van der Waals surface area contributed by atoms with Crippen LogP contribution in [0.25, 0.3) is 0 Å². The fraction of sp³-hybridized carbons (Fsp3) is 0.273. The van der Waals surface area contributed by atoms with Crippen LogP contribution in [-0.2, 0) is 4.79 Å². The molecule has 0 aliphatic heterocycles. The number of anilines is 1. The van der Waals surface area contributed by atoms with Crippen molar-refractivity contribution in [2.75, 3.05) is 11.9 Å². The molecule has 8 heteroatoms. The molecule has 0 saturated heterocycles. The van der Waals surface area contributed by atoms with E-state index in [9.17, 15) is 18.4 Å². The number of hydrogen-bond acceptors (Lipinski definition) is 3. The van der Waals surface area contributed by atoms with E-state index in [2.05, 4.69) is 0 Å². The van der Waals surface area contributed by atoms with Crippen LogP contribution in [0.15, 0.2) is 18.2 Å². The van der Waals surface area contributed by atoms with Crippen molar-refractivity contribution in [2.45, 2.75) is 12.5 Å². The molecular weight excluding hydrogens is 262 g/mol. The fourth-order valence-electron chi connectivity index (χ4n) is 1.31. The zero-order chi connectivity index (χ0) is 14.4. The lowest BCUT2D eigenvalue weighted by Gasteiger charge is -2.14. The molecule has 2 amide bonds. The van der Waals surface area contributed by atoms with Gasteiger partial charge in [-0.2, -0.15) is 0 Å². The summed E-state index contributed by atoms with van der Waals surface area (Å²) in [6.45, 7) is -0.453. The summed E-state index contributed by atoms with van der Waals surface area (Å²) >= 11 is 0. The molecule has 0 aromatic heterocycles. The van der Waals surface area contributed by atoms with Crippen LogP contribution in [0.2, 0.25) is 0 Å². The van der Waals surface area contributed by atoms with E-state index in [1.54, 1.807) is 0 Å². The Morgan fingerprint density at radius 2 is 1.84 bits per heavy atom. The first-order valence-corrected chi connectivity index (χ1v) is 5.31. The highest BCUT2D eigenvalue weighted by Gasteiger charge is 2.20. The van der Waals surface area contributed by atoms with E-state index >= 15 is 0 Å². The smallest absolute Gasteiger partial charge is 0.326 e. The van der Waals surface area contributed by atoms with Crippen molar-refractivity contribution in [3.05, 3.63) is 29.8 Å². The number of halogens is 2. The molecule has 0 saturated carbocycles. The number of carboxylic acid groups (broad SMARTS) is 1. The molecule has 0 aliphatic rings. The number of benzene rings is 1.